The topological polar surface area (TPSA) is 3.24 Å². The molecule has 0 aromatic heterocycles. The molecular weight excluding hydrogens is 194 g/mol. The van der Waals surface area contributed by atoms with E-state index in [4.69, 9.17) is 0 Å². The van der Waals surface area contributed by atoms with Gasteiger partial charge >= 0.3 is 0 Å². The first kappa shape index (κ1) is 15.5. The summed E-state index contributed by atoms with van der Waals surface area (Å²) in [6, 6.07) is 0. The minimum atomic E-state index is 0.619. The Morgan fingerprint density at radius 1 is 1.19 bits per heavy atom. The van der Waals surface area contributed by atoms with Gasteiger partial charge in [0.1, 0.15) is 0 Å². The highest BCUT2D eigenvalue weighted by molar-refractivity contribution is 4.99. The summed E-state index contributed by atoms with van der Waals surface area (Å²) in [5.41, 5.74) is 1.31. The van der Waals surface area contributed by atoms with Crippen molar-refractivity contribution in [1.29, 1.82) is 0 Å². The lowest BCUT2D eigenvalue weighted by Gasteiger charge is -2.32. The molecule has 0 N–H and O–H groups in total. The summed E-state index contributed by atoms with van der Waals surface area (Å²) in [5, 5.41) is 0. The molecule has 0 aliphatic heterocycles. The van der Waals surface area contributed by atoms with Crippen LogP contribution >= 0.6 is 0 Å². The fourth-order valence-corrected chi connectivity index (χ4v) is 2.46. The summed E-state index contributed by atoms with van der Waals surface area (Å²) < 4.78 is 0. The fraction of sp³-hybridized carbons (Fsp3) is 0.867. The van der Waals surface area contributed by atoms with E-state index in [0.717, 1.165) is 12.5 Å². The first-order chi connectivity index (χ1) is 7.43. The molecule has 0 heterocycles. The zero-order valence-electron chi connectivity index (χ0n) is 12.2. The van der Waals surface area contributed by atoms with Gasteiger partial charge in [-0.2, -0.15) is 0 Å². The van der Waals surface area contributed by atoms with Crippen molar-refractivity contribution in [3.8, 4) is 0 Å². The Morgan fingerprint density at radius 2 is 1.75 bits per heavy atom. The molecule has 0 aliphatic carbocycles. The molecule has 0 aromatic carbocycles. The quantitative estimate of drug-likeness (QED) is 0.586. The molecule has 0 saturated heterocycles. The molecule has 16 heavy (non-hydrogen) atoms. The van der Waals surface area contributed by atoms with Crippen LogP contribution in [0, 0.1) is 17.8 Å². The zero-order chi connectivity index (χ0) is 12.7. The molecule has 1 heteroatoms. The van der Waals surface area contributed by atoms with Gasteiger partial charge in [-0.15, -0.1) is 0 Å². The Morgan fingerprint density at radius 3 is 2.12 bits per heavy atom. The third kappa shape index (κ3) is 5.05. The van der Waals surface area contributed by atoms with E-state index in [-0.39, 0.29) is 0 Å². The Kier molecular flexibility index (Phi) is 7.53. The summed E-state index contributed by atoms with van der Waals surface area (Å²) in [6.07, 6.45) is 3.87. The van der Waals surface area contributed by atoms with E-state index < -0.39 is 0 Å². The molecule has 0 spiro atoms. The Balaban J connectivity index is 4.33. The predicted molar refractivity (Wildman–Crippen MR) is 74.5 cm³/mol. The van der Waals surface area contributed by atoms with Crippen molar-refractivity contribution in [1.82, 2.24) is 4.90 Å². The van der Waals surface area contributed by atoms with Gasteiger partial charge in [0, 0.05) is 19.3 Å². The number of hydrogen-bond acceptors (Lipinski definition) is 1. The normalized spacial score (nSPS) is 14.9. The molecule has 0 amide bonds. The molecule has 0 fully saturated rings. The van der Waals surface area contributed by atoms with Crippen LogP contribution in [0.5, 0.6) is 0 Å². The van der Waals surface area contributed by atoms with E-state index in [0.29, 0.717) is 11.8 Å². The van der Waals surface area contributed by atoms with Gasteiger partial charge in [0.25, 0.3) is 0 Å². The maximum atomic E-state index is 4.28. The standard InChI is InChI=1S/C15H31N/c1-8-10-15(9-2)13(5)14(6)16(7)11-12(3)4/h12-13,15H,6,8-11H2,1-5,7H3. The van der Waals surface area contributed by atoms with Crippen LogP contribution in [0.15, 0.2) is 12.3 Å². The molecule has 2 atom stereocenters. The van der Waals surface area contributed by atoms with Crippen LogP contribution in [0.25, 0.3) is 0 Å². The van der Waals surface area contributed by atoms with Crippen LogP contribution in [0.1, 0.15) is 53.9 Å². The van der Waals surface area contributed by atoms with Gasteiger partial charge in [0.2, 0.25) is 0 Å². The summed E-state index contributed by atoms with van der Waals surface area (Å²) >= 11 is 0. The third-order valence-corrected chi connectivity index (χ3v) is 3.55. The summed E-state index contributed by atoms with van der Waals surface area (Å²) in [6.45, 7) is 16.8. The maximum absolute atomic E-state index is 4.28. The number of rotatable bonds is 8. The van der Waals surface area contributed by atoms with Crippen LogP contribution in [0.3, 0.4) is 0 Å². The lowest BCUT2D eigenvalue weighted by atomic mass is 9.85. The van der Waals surface area contributed by atoms with Gasteiger partial charge in [0.15, 0.2) is 0 Å². The highest BCUT2D eigenvalue weighted by atomic mass is 15.1. The SMILES string of the molecule is C=C(C(C)C(CC)CCC)N(C)CC(C)C. The van der Waals surface area contributed by atoms with Gasteiger partial charge in [-0.25, -0.2) is 0 Å². The van der Waals surface area contributed by atoms with E-state index in [1.165, 1.54) is 25.0 Å². The van der Waals surface area contributed by atoms with Gasteiger partial charge in [0.05, 0.1) is 0 Å². The molecule has 0 rings (SSSR count). The van der Waals surface area contributed by atoms with E-state index in [9.17, 15) is 0 Å². The van der Waals surface area contributed by atoms with Crippen LogP contribution in [-0.4, -0.2) is 18.5 Å². The molecule has 0 aliphatic rings. The Labute approximate surface area is 103 Å². The highest BCUT2D eigenvalue weighted by Crippen LogP contribution is 2.28. The second-order valence-electron chi connectivity index (χ2n) is 5.51. The van der Waals surface area contributed by atoms with E-state index in [1.807, 2.05) is 0 Å². The van der Waals surface area contributed by atoms with E-state index >= 15 is 0 Å². The monoisotopic (exact) mass is 225 g/mol. The molecule has 0 radical (unpaired) electrons. The third-order valence-electron chi connectivity index (χ3n) is 3.55. The zero-order valence-corrected chi connectivity index (χ0v) is 12.2. The van der Waals surface area contributed by atoms with Gasteiger partial charge in [-0.05, 0) is 17.8 Å². The maximum Gasteiger partial charge on any atom is 0.0194 e. The molecule has 2 unspecified atom stereocenters. The van der Waals surface area contributed by atoms with Gasteiger partial charge in [-0.1, -0.05) is 60.5 Å². The lowest BCUT2D eigenvalue weighted by molar-refractivity contribution is 0.268. The fourth-order valence-electron chi connectivity index (χ4n) is 2.46. The van der Waals surface area contributed by atoms with Crippen LogP contribution in [0.4, 0.5) is 0 Å². The van der Waals surface area contributed by atoms with Crippen molar-refractivity contribution in [2.24, 2.45) is 17.8 Å². The Hall–Kier alpha value is -0.460. The van der Waals surface area contributed by atoms with Crippen molar-refractivity contribution >= 4 is 0 Å². The van der Waals surface area contributed by atoms with Crippen molar-refractivity contribution < 1.29 is 0 Å². The first-order valence-corrected chi connectivity index (χ1v) is 6.83. The molecule has 1 nitrogen and oxygen atoms in total. The number of nitrogens with zero attached hydrogens (tertiary/aromatic N) is 1. The highest BCUT2D eigenvalue weighted by Gasteiger charge is 2.19. The molecule has 0 bridgehead atoms. The average molecular weight is 225 g/mol. The van der Waals surface area contributed by atoms with E-state index in [1.54, 1.807) is 0 Å². The van der Waals surface area contributed by atoms with Crippen LogP contribution in [-0.2, 0) is 0 Å². The smallest absolute Gasteiger partial charge is 0.0194 e. The minimum absolute atomic E-state index is 0.619. The minimum Gasteiger partial charge on any atom is -0.378 e. The second-order valence-corrected chi connectivity index (χ2v) is 5.51. The van der Waals surface area contributed by atoms with Gasteiger partial charge in [-0.3, -0.25) is 0 Å². The summed E-state index contributed by atoms with van der Waals surface area (Å²) in [4.78, 5) is 2.34. The second kappa shape index (κ2) is 7.76. The summed E-state index contributed by atoms with van der Waals surface area (Å²) in [7, 11) is 2.18. The Bertz CT molecular complexity index is 196. The van der Waals surface area contributed by atoms with Gasteiger partial charge < -0.3 is 4.90 Å². The predicted octanol–water partition coefficient (Wildman–Crippen LogP) is 4.55. The van der Waals surface area contributed by atoms with Crippen molar-refractivity contribution in [2.75, 3.05) is 13.6 Å². The van der Waals surface area contributed by atoms with E-state index in [2.05, 4.69) is 53.1 Å². The number of allylic oxidation sites excluding steroid dienone is 1. The first-order valence-electron chi connectivity index (χ1n) is 6.83. The van der Waals surface area contributed by atoms with Crippen LogP contribution < -0.4 is 0 Å². The molecule has 0 saturated carbocycles. The van der Waals surface area contributed by atoms with Crippen molar-refractivity contribution in [3.63, 3.8) is 0 Å². The average Bonchev–Trinajstić information content (AvgIpc) is 2.22. The largest absolute Gasteiger partial charge is 0.378 e. The van der Waals surface area contributed by atoms with Crippen molar-refractivity contribution in [2.45, 2.75) is 53.9 Å². The molecule has 96 valence electrons. The molecule has 0 aromatic rings. The summed E-state index contributed by atoms with van der Waals surface area (Å²) in [5.74, 6) is 2.13. The number of hydrogen-bond donors (Lipinski definition) is 0. The van der Waals surface area contributed by atoms with Crippen molar-refractivity contribution in [3.05, 3.63) is 12.3 Å². The molecular formula is C15H31N. The lowest BCUT2D eigenvalue weighted by Crippen LogP contribution is -2.28. The van der Waals surface area contributed by atoms with Crippen LogP contribution in [0.2, 0.25) is 0 Å².